The van der Waals surface area contributed by atoms with Gasteiger partial charge in [0.2, 0.25) is 0 Å². The van der Waals surface area contributed by atoms with Crippen LogP contribution in [0.25, 0.3) is 0 Å². The summed E-state index contributed by atoms with van der Waals surface area (Å²) in [5, 5.41) is 0. The zero-order valence-corrected chi connectivity index (χ0v) is 9.78. The summed E-state index contributed by atoms with van der Waals surface area (Å²) in [6.45, 7) is 0. The van der Waals surface area contributed by atoms with Crippen molar-refractivity contribution in [3.8, 4) is 0 Å². The fraction of sp³-hybridized carbons (Fsp3) is 0.143. The second-order valence-electron chi connectivity index (χ2n) is 2.03. The van der Waals surface area contributed by atoms with Crippen molar-refractivity contribution in [3.63, 3.8) is 0 Å². The molecule has 1 aromatic heterocycles. The third-order valence-electron chi connectivity index (χ3n) is 1.24. The molecule has 0 spiro atoms. The van der Waals surface area contributed by atoms with Gasteiger partial charge in [-0.05, 0) is 44.0 Å². The summed E-state index contributed by atoms with van der Waals surface area (Å²) >= 11 is 11.7. The molecule has 0 unspecified atom stereocenters. The highest BCUT2D eigenvalue weighted by Crippen LogP contribution is 2.18. The number of nitrogens with zero attached hydrogens (tertiary/aromatic N) is 1. The minimum absolute atomic E-state index is 0.0259. The maximum Gasteiger partial charge on any atom is 0.180 e. The van der Waals surface area contributed by atoms with Gasteiger partial charge in [0.1, 0.15) is 9.21 Å². The molecule has 0 amide bonds. The Balaban J connectivity index is 3.09. The predicted molar refractivity (Wildman–Crippen MR) is 54.7 cm³/mol. The average molecular weight is 313 g/mol. The number of halogens is 3. The Hall–Kier alpha value is 0.0700. The van der Waals surface area contributed by atoms with Crippen molar-refractivity contribution in [1.82, 2.24) is 4.98 Å². The maximum absolute atomic E-state index is 11.1. The van der Waals surface area contributed by atoms with E-state index in [9.17, 15) is 4.79 Å². The van der Waals surface area contributed by atoms with Crippen LogP contribution in [0.3, 0.4) is 0 Å². The molecule has 0 saturated heterocycles. The average Bonchev–Trinajstić information content (AvgIpc) is 2.03. The summed E-state index contributed by atoms with van der Waals surface area (Å²) in [7, 11) is 0. The highest BCUT2D eigenvalue weighted by atomic mass is 79.9. The molecule has 0 aliphatic carbocycles. The summed E-state index contributed by atoms with van der Waals surface area (Å²) in [5.41, 5.74) is 0.508. The molecular weight excluding hydrogens is 309 g/mol. The molecule has 2 nitrogen and oxygen atoms in total. The third-order valence-corrected chi connectivity index (χ3v) is 2.53. The van der Waals surface area contributed by atoms with Crippen molar-refractivity contribution in [2.75, 3.05) is 5.88 Å². The Morgan fingerprint density at radius 2 is 2.17 bits per heavy atom. The molecule has 5 heteroatoms. The molecule has 0 aliphatic rings. The van der Waals surface area contributed by atoms with E-state index in [1.54, 1.807) is 12.1 Å². The SMILES string of the molecule is O=C(CCl)c1ccc(Br)nc1Br. The Morgan fingerprint density at radius 3 is 2.67 bits per heavy atom. The number of Topliss-reactive ketones (excluding diaryl/α,β-unsaturated/α-hetero) is 1. The molecular formula is C7H4Br2ClNO. The van der Waals surface area contributed by atoms with E-state index in [1.165, 1.54) is 0 Å². The molecule has 0 N–H and O–H groups in total. The first-order chi connectivity index (χ1) is 5.65. The first kappa shape index (κ1) is 10.2. The van der Waals surface area contributed by atoms with Gasteiger partial charge in [0.05, 0.1) is 11.4 Å². The largest absolute Gasteiger partial charge is 0.293 e. The molecule has 0 bridgehead atoms. The van der Waals surface area contributed by atoms with Gasteiger partial charge in [-0.15, -0.1) is 11.6 Å². The molecule has 12 heavy (non-hydrogen) atoms. The van der Waals surface area contributed by atoms with E-state index in [4.69, 9.17) is 11.6 Å². The normalized spacial score (nSPS) is 9.92. The van der Waals surface area contributed by atoms with E-state index >= 15 is 0 Å². The van der Waals surface area contributed by atoms with Crippen molar-refractivity contribution in [3.05, 3.63) is 26.9 Å². The van der Waals surface area contributed by atoms with Gasteiger partial charge < -0.3 is 0 Å². The van der Waals surface area contributed by atoms with Crippen molar-refractivity contribution < 1.29 is 4.79 Å². The first-order valence-electron chi connectivity index (χ1n) is 3.06. The van der Waals surface area contributed by atoms with Crippen LogP contribution in [0.1, 0.15) is 10.4 Å². The monoisotopic (exact) mass is 311 g/mol. The van der Waals surface area contributed by atoms with Crippen molar-refractivity contribution in [2.24, 2.45) is 0 Å². The van der Waals surface area contributed by atoms with Gasteiger partial charge in [0.15, 0.2) is 5.78 Å². The molecule has 1 aromatic rings. The Labute approximate surface area is 91.6 Å². The molecule has 0 aliphatic heterocycles. The minimum Gasteiger partial charge on any atom is -0.293 e. The number of carbonyl (C=O) groups excluding carboxylic acids is 1. The highest BCUT2D eigenvalue weighted by molar-refractivity contribution is 9.11. The molecule has 0 aromatic carbocycles. The molecule has 64 valence electrons. The number of rotatable bonds is 2. The van der Waals surface area contributed by atoms with Crippen LogP contribution in [0.2, 0.25) is 0 Å². The second kappa shape index (κ2) is 4.35. The maximum atomic E-state index is 11.1. The van der Waals surface area contributed by atoms with Crippen LogP contribution < -0.4 is 0 Å². The molecule has 1 rings (SSSR count). The van der Waals surface area contributed by atoms with Crippen LogP contribution in [0.5, 0.6) is 0 Å². The van der Waals surface area contributed by atoms with E-state index in [2.05, 4.69) is 36.8 Å². The minimum atomic E-state index is -0.136. The summed E-state index contributed by atoms with van der Waals surface area (Å²) < 4.78 is 1.20. The van der Waals surface area contributed by atoms with Crippen molar-refractivity contribution >= 4 is 49.2 Å². The van der Waals surface area contributed by atoms with Crippen LogP contribution in [0.15, 0.2) is 21.3 Å². The van der Waals surface area contributed by atoms with Gasteiger partial charge in [-0.1, -0.05) is 0 Å². The van der Waals surface area contributed by atoms with E-state index in [-0.39, 0.29) is 11.7 Å². The van der Waals surface area contributed by atoms with Gasteiger partial charge in [0.25, 0.3) is 0 Å². The molecule has 1 heterocycles. The van der Waals surface area contributed by atoms with Crippen molar-refractivity contribution in [2.45, 2.75) is 0 Å². The van der Waals surface area contributed by atoms with Gasteiger partial charge in [-0.2, -0.15) is 0 Å². The van der Waals surface area contributed by atoms with E-state index in [1.807, 2.05) is 0 Å². The Kier molecular flexibility index (Phi) is 3.68. The number of hydrogen-bond acceptors (Lipinski definition) is 2. The number of ketones is 1. The van der Waals surface area contributed by atoms with E-state index in [0.717, 1.165) is 0 Å². The lowest BCUT2D eigenvalue weighted by atomic mass is 10.2. The topological polar surface area (TPSA) is 30.0 Å². The van der Waals surface area contributed by atoms with Crippen molar-refractivity contribution in [1.29, 1.82) is 0 Å². The lowest BCUT2D eigenvalue weighted by Crippen LogP contribution is -2.02. The highest BCUT2D eigenvalue weighted by Gasteiger charge is 2.09. The molecule has 0 atom stereocenters. The zero-order chi connectivity index (χ0) is 9.14. The summed E-state index contributed by atoms with van der Waals surface area (Å²) in [6.07, 6.45) is 0. The zero-order valence-electron chi connectivity index (χ0n) is 5.85. The first-order valence-corrected chi connectivity index (χ1v) is 5.18. The summed E-state index contributed by atoms with van der Waals surface area (Å²) in [5.74, 6) is -0.161. The van der Waals surface area contributed by atoms with Gasteiger partial charge in [0, 0.05) is 0 Å². The summed E-state index contributed by atoms with van der Waals surface area (Å²) in [6, 6.07) is 3.37. The number of alkyl halides is 1. The molecule has 0 radical (unpaired) electrons. The van der Waals surface area contributed by atoms with Gasteiger partial charge in [-0.3, -0.25) is 4.79 Å². The van der Waals surface area contributed by atoms with Crippen LogP contribution in [-0.2, 0) is 0 Å². The van der Waals surface area contributed by atoms with Crippen LogP contribution in [-0.4, -0.2) is 16.6 Å². The smallest absolute Gasteiger partial charge is 0.180 e. The van der Waals surface area contributed by atoms with Crippen LogP contribution >= 0.6 is 43.5 Å². The van der Waals surface area contributed by atoms with Gasteiger partial charge in [-0.25, -0.2) is 4.98 Å². The predicted octanol–water partition coefficient (Wildman–Crippen LogP) is 3.03. The fourth-order valence-corrected chi connectivity index (χ4v) is 1.93. The molecule has 0 saturated carbocycles. The fourth-order valence-electron chi connectivity index (χ4n) is 0.692. The number of hydrogen-bond donors (Lipinski definition) is 0. The quantitative estimate of drug-likeness (QED) is 0.477. The van der Waals surface area contributed by atoms with Crippen LogP contribution in [0, 0.1) is 0 Å². The molecule has 0 fully saturated rings. The Morgan fingerprint density at radius 1 is 1.50 bits per heavy atom. The number of pyridine rings is 1. The lowest BCUT2D eigenvalue weighted by Gasteiger charge is -1.99. The Bertz CT molecular complexity index is 316. The van der Waals surface area contributed by atoms with Crippen LogP contribution in [0.4, 0.5) is 0 Å². The lowest BCUT2D eigenvalue weighted by molar-refractivity contribution is 0.102. The second-order valence-corrected chi connectivity index (χ2v) is 3.86. The van der Waals surface area contributed by atoms with Gasteiger partial charge >= 0.3 is 0 Å². The number of carbonyl (C=O) groups is 1. The van der Waals surface area contributed by atoms with E-state index in [0.29, 0.717) is 14.8 Å². The third kappa shape index (κ3) is 2.28. The van der Waals surface area contributed by atoms with E-state index < -0.39 is 0 Å². The standard InChI is InChI=1S/C7H4Br2ClNO/c8-6-2-1-4(5(12)3-10)7(9)11-6/h1-2H,3H2. The summed E-state index contributed by atoms with van der Waals surface area (Å²) in [4.78, 5) is 15.1. The number of aromatic nitrogens is 1.